The molecule has 0 amide bonds. The number of hydrogen-bond donors (Lipinski definition) is 2. The average Bonchev–Trinajstić information content (AvgIpc) is 2.98. The normalized spacial score (nSPS) is 47.3. The first-order chi connectivity index (χ1) is 12.8. The lowest BCUT2D eigenvalue weighted by Crippen LogP contribution is -2.52. The van der Waals surface area contributed by atoms with Gasteiger partial charge in [0.15, 0.2) is 0 Å². The third-order valence-electron chi connectivity index (χ3n) is 9.51. The number of rotatable bonds is 3. The van der Waals surface area contributed by atoms with Crippen LogP contribution < -0.4 is 0 Å². The first-order valence-electron chi connectivity index (χ1n) is 11.0. The van der Waals surface area contributed by atoms with Gasteiger partial charge in [-0.25, -0.2) is 4.79 Å². The van der Waals surface area contributed by atoms with E-state index in [1.165, 1.54) is 32.1 Å². The van der Waals surface area contributed by atoms with Crippen molar-refractivity contribution in [3.8, 4) is 0 Å². The van der Waals surface area contributed by atoms with Gasteiger partial charge in [0.05, 0.1) is 0 Å². The molecule has 0 heterocycles. The van der Waals surface area contributed by atoms with Crippen molar-refractivity contribution in [3.63, 3.8) is 0 Å². The van der Waals surface area contributed by atoms with Crippen molar-refractivity contribution in [1.29, 1.82) is 0 Å². The lowest BCUT2D eigenvalue weighted by Gasteiger charge is -2.60. The van der Waals surface area contributed by atoms with Crippen LogP contribution >= 0.6 is 0 Å². The van der Waals surface area contributed by atoms with Crippen LogP contribution in [-0.4, -0.2) is 23.0 Å². The van der Waals surface area contributed by atoms with Crippen LogP contribution in [0.25, 0.3) is 0 Å². The summed E-state index contributed by atoms with van der Waals surface area (Å²) >= 11 is 0. The van der Waals surface area contributed by atoms with Gasteiger partial charge in [0.25, 0.3) is 0 Å². The quantitative estimate of drug-likeness (QED) is 0.642. The van der Waals surface area contributed by atoms with E-state index in [2.05, 4.69) is 26.8 Å². The molecule has 152 valence electrons. The summed E-state index contributed by atoms with van der Waals surface area (Å²) in [6, 6.07) is 0. The fraction of sp³-hybridized carbons (Fsp3) is 0.870. The molecule has 27 heavy (non-hydrogen) atoms. The van der Waals surface area contributed by atoms with Crippen LogP contribution in [0.4, 0.5) is 4.79 Å². The first kappa shape index (κ1) is 19.3. The zero-order valence-corrected chi connectivity index (χ0v) is 17.1. The minimum Gasteiger partial charge on any atom is -0.449 e. The number of carboxylic acid groups (broad SMARTS) is 1. The van der Waals surface area contributed by atoms with Crippen LogP contribution in [0.3, 0.4) is 0 Å². The van der Waals surface area contributed by atoms with Gasteiger partial charge in [-0.1, -0.05) is 20.8 Å². The molecule has 0 unspecified atom stereocenters. The zero-order chi connectivity index (χ0) is 19.4. The van der Waals surface area contributed by atoms with E-state index < -0.39 is 6.16 Å². The van der Waals surface area contributed by atoms with Gasteiger partial charge in [0.1, 0.15) is 5.76 Å². The van der Waals surface area contributed by atoms with E-state index in [0.717, 1.165) is 37.0 Å². The summed E-state index contributed by atoms with van der Waals surface area (Å²) in [5.74, 6) is 4.56. The Hall–Kier alpha value is -1.03. The second-order valence-corrected chi connectivity index (χ2v) is 10.5. The molecule has 0 radical (unpaired) electrons. The summed E-state index contributed by atoms with van der Waals surface area (Å²) in [6.07, 6.45) is 10.4. The molecule has 0 aromatic heterocycles. The average molecular weight is 377 g/mol. The minimum absolute atomic E-state index is 0.288. The SMILES string of the molecule is C[C@H](CO)[C@H]1CC[C@H]2[C@@H]3CC[C@H]4C=C(OC(=O)O)CC[C@]4(C)[C@H]3CC[C@]12C. The van der Waals surface area contributed by atoms with Crippen molar-refractivity contribution in [2.24, 2.45) is 46.3 Å². The highest BCUT2D eigenvalue weighted by atomic mass is 16.7. The Bertz CT molecular complexity index is 628. The van der Waals surface area contributed by atoms with E-state index in [4.69, 9.17) is 9.84 Å². The number of hydrogen-bond acceptors (Lipinski definition) is 3. The molecule has 3 fully saturated rings. The lowest BCUT2D eigenvalue weighted by molar-refractivity contribution is -0.0995. The number of aliphatic hydroxyl groups excluding tert-OH is 1. The van der Waals surface area contributed by atoms with Gasteiger partial charge in [0.2, 0.25) is 0 Å². The monoisotopic (exact) mass is 376 g/mol. The van der Waals surface area contributed by atoms with Crippen LogP contribution in [-0.2, 0) is 4.74 Å². The van der Waals surface area contributed by atoms with Crippen LogP contribution in [0, 0.1) is 46.3 Å². The predicted molar refractivity (Wildman–Crippen MR) is 104 cm³/mol. The molecule has 4 aliphatic carbocycles. The molecule has 0 bridgehead atoms. The molecule has 0 saturated heterocycles. The van der Waals surface area contributed by atoms with Crippen molar-refractivity contribution in [3.05, 3.63) is 11.8 Å². The Kier molecular flexibility index (Phi) is 4.85. The Morgan fingerprint density at radius 2 is 1.89 bits per heavy atom. The third-order valence-corrected chi connectivity index (χ3v) is 9.51. The van der Waals surface area contributed by atoms with E-state index in [1.54, 1.807) is 0 Å². The van der Waals surface area contributed by atoms with Crippen LogP contribution in [0.1, 0.15) is 72.1 Å². The molecule has 0 aromatic carbocycles. The van der Waals surface area contributed by atoms with E-state index in [0.29, 0.717) is 35.5 Å². The number of allylic oxidation sites excluding steroid dienone is 2. The summed E-state index contributed by atoms with van der Waals surface area (Å²) < 4.78 is 5.01. The third kappa shape index (κ3) is 2.94. The summed E-state index contributed by atoms with van der Waals surface area (Å²) in [7, 11) is 0. The zero-order valence-electron chi connectivity index (χ0n) is 17.1. The van der Waals surface area contributed by atoms with Crippen molar-refractivity contribution >= 4 is 6.16 Å². The summed E-state index contributed by atoms with van der Waals surface area (Å²) in [4.78, 5) is 10.9. The summed E-state index contributed by atoms with van der Waals surface area (Å²) in [5.41, 5.74) is 0.685. The standard InChI is InChI=1S/C23H36O4/c1-14(13-24)18-6-7-19-17-5-4-15-12-16(27-21(25)26)8-10-22(15,2)20(17)9-11-23(18,19)3/h12,14-15,17-20,24H,4-11,13H2,1-3H3,(H,25,26)/t14-,15+,17+,18-,19+,20+,22+,23-/m1/s1. The Morgan fingerprint density at radius 3 is 2.59 bits per heavy atom. The molecule has 4 rings (SSSR count). The van der Waals surface area contributed by atoms with Gasteiger partial charge in [-0.2, -0.15) is 0 Å². The molecule has 0 aromatic rings. The molecular weight excluding hydrogens is 340 g/mol. The smallest absolute Gasteiger partial charge is 0.449 e. The van der Waals surface area contributed by atoms with Crippen molar-refractivity contribution < 1.29 is 19.7 Å². The fourth-order valence-corrected chi connectivity index (χ4v) is 8.13. The van der Waals surface area contributed by atoms with Gasteiger partial charge in [-0.15, -0.1) is 0 Å². The van der Waals surface area contributed by atoms with E-state index >= 15 is 0 Å². The van der Waals surface area contributed by atoms with E-state index in [-0.39, 0.29) is 5.41 Å². The molecule has 0 aliphatic heterocycles. The highest BCUT2D eigenvalue weighted by Gasteiger charge is 2.60. The van der Waals surface area contributed by atoms with Crippen molar-refractivity contribution in [1.82, 2.24) is 0 Å². The molecule has 2 N–H and O–H groups in total. The van der Waals surface area contributed by atoms with Crippen molar-refractivity contribution in [2.75, 3.05) is 6.61 Å². The van der Waals surface area contributed by atoms with Gasteiger partial charge < -0.3 is 14.9 Å². The largest absolute Gasteiger partial charge is 0.511 e. The summed E-state index contributed by atoms with van der Waals surface area (Å²) in [6.45, 7) is 7.54. The Labute approximate surface area is 163 Å². The van der Waals surface area contributed by atoms with Crippen LogP contribution in [0.15, 0.2) is 11.8 Å². The molecule has 0 spiro atoms. The predicted octanol–water partition coefficient (Wildman–Crippen LogP) is 5.46. The molecule has 4 nitrogen and oxygen atoms in total. The lowest BCUT2D eigenvalue weighted by atomic mass is 9.45. The number of fused-ring (bicyclic) bond motifs is 5. The number of ether oxygens (including phenoxy) is 1. The van der Waals surface area contributed by atoms with Crippen LogP contribution in [0.2, 0.25) is 0 Å². The molecule has 4 aliphatic rings. The van der Waals surface area contributed by atoms with Gasteiger partial charge in [-0.05, 0) is 97.4 Å². The maximum atomic E-state index is 10.9. The van der Waals surface area contributed by atoms with Gasteiger partial charge >= 0.3 is 6.16 Å². The minimum atomic E-state index is -1.18. The topological polar surface area (TPSA) is 66.8 Å². The summed E-state index contributed by atoms with van der Waals surface area (Å²) in [5, 5.41) is 18.7. The maximum Gasteiger partial charge on any atom is 0.511 e. The second kappa shape index (κ2) is 6.79. The van der Waals surface area contributed by atoms with Crippen LogP contribution in [0.5, 0.6) is 0 Å². The highest BCUT2D eigenvalue weighted by molar-refractivity contribution is 5.58. The molecule has 3 saturated carbocycles. The molecule has 4 heteroatoms. The van der Waals surface area contributed by atoms with E-state index in [1.807, 2.05) is 0 Å². The Morgan fingerprint density at radius 1 is 1.15 bits per heavy atom. The number of aliphatic hydroxyl groups is 1. The van der Waals surface area contributed by atoms with Gasteiger partial charge in [-0.3, -0.25) is 0 Å². The molecular formula is C23H36O4. The Balaban J connectivity index is 1.56. The second-order valence-electron chi connectivity index (χ2n) is 10.5. The van der Waals surface area contributed by atoms with Crippen molar-refractivity contribution in [2.45, 2.75) is 72.1 Å². The number of carbonyl (C=O) groups is 1. The van der Waals surface area contributed by atoms with Gasteiger partial charge in [0, 0.05) is 13.0 Å². The fourth-order valence-electron chi connectivity index (χ4n) is 8.13. The highest BCUT2D eigenvalue weighted by Crippen LogP contribution is 2.67. The first-order valence-corrected chi connectivity index (χ1v) is 11.0. The van der Waals surface area contributed by atoms with E-state index in [9.17, 15) is 9.90 Å². The molecule has 8 atom stereocenters. The maximum absolute atomic E-state index is 10.9.